The maximum atomic E-state index is 14.7. The van der Waals surface area contributed by atoms with Crippen LogP contribution in [0.3, 0.4) is 0 Å². The Bertz CT molecular complexity index is 816. The Morgan fingerprint density at radius 2 is 1.96 bits per heavy atom. The van der Waals surface area contributed by atoms with Gasteiger partial charge in [0.15, 0.2) is 0 Å². The average Bonchev–Trinajstić information content (AvgIpc) is 2.61. The number of morpholine rings is 1. The van der Waals surface area contributed by atoms with Gasteiger partial charge in [0.05, 0.1) is 29.6 Å². The predicted molar refractivity (Wildman–Crippen MR) is 107 cm³/mol. The number of anilines is 2. The van der Waals surface area contributed by atoms with Gasteiger partial charge in [-0.1, -0.05) is 0 Å². The molecule has 1 aliphatic rings. The van der Waals surface area contributed by atoms with Gasteiger partial charge in [0.25, 0.3) is 5.91 Å². The molecular weight excluding hydrogens is 361 g/mol. The van der Waals surface area contributed by atoms with Crippen molar-refractivity contribution in [2.24, 2.45) is 0 Å². The predicted octanol–water partition coefficient (Wildman–Crippen LogP) is 3.87. The lowest BCUT2D eigenvalue weighted by molar-refractivity contribution is -0.00539. The highest BCUT2D eigenvalue weighted by molar-refractivity contribution is 6.04. The van der Waals surface area contributed by atoms with Crippen LogP contribution in [0.4, 0.5) is 15.8 Å². The molecule has 6 nitrogen and oxygen atoms in total. The van der Waals surface area contributed by atoms with Crippen LogP contribution in [-0.2, 0) is 4.74 Å². The summed E-state index contributed by atoms with van der Waals surface area (Å²) in [5, 5.41) is 2.70. The molecular formula is C21H26FN3O3. The maximum absolute atomic E-state index is 14.7. The zero-order chi connectivity index (χ0) is 20.3. The number of benzene rings is 1. The summed E-state index contributed by atoms with van der Waals surface area (Å²) in [6.07, 6.45) is 1.52. The van der Waals surface area contributed by atoms with Crippen LogP contribution < -0.4 is 15.0 Å². The van der Waals surface area contributed by atoms with Crippen LogP contribution >= 0.6 is 0 Å². The van der Waals surface area contributed by atoms with Gasteiger partial charge < -0.3 is 19.7 Å². The number of aromatic nitrogens is 1. The number of carbonyl (C=O) groups excluding carboxylic acids is 1. The van der Waals surface area contributed by atoms with Crippen molar-refractivity contribution in [1.29, 1.82) is 0 Å². The fourth-order valence-corrected chi connectivity index (χ4v) is 3.24. The molecule has 1 aliphatic heterocycles. The van der Waals surface area contributed by atoms with Gasteiger partial charge in [0, 0.05) is 31.0 Å². The molecule has 7 heteroatoms. The monoisotopic (exact) mass is 387 g/mol. The van der Waals surface area contributed by atoms with E-state index < -0.39 is 0 Å². The molecule has 2 aromatic rings. The molecule has 2 heterocycles. The van der Waals surface area contributed by atoms with Gasteiger partial charge in [-0.3, -0.25) is 4.79 Å². The minimum absolute atomic E-state index is 0.00566. The Morgan fingerprint density at radius 1 is 1.25 bits per heavy atom. The molecule has 1 aromatic heterocycles. The van der Waals surface area contributed by atoms with Crippen LogP contribution in [0.15, 0.2) is 36.5 Å². The van der Waals surface area contributed by atoms with Gasteiger partial charge in [-0.2, -0.15) is 0 Å². The molecule has 1 amide bonds. The summed E-state index contributed by atoms with van der Waals surface area (Å²) in [5.74, 6) is -0.279. The minimum Gasteiger partial charge on any atom is -0.475 e. The van der Waals surface area contributed by atoms with Crippen molar-refractivity contribution in [2.75, 3.05) is 23.3 Å². The van der Waals surface area contributed by atoms with Crippen molar-refractivity contribution in [3.05, 3.63) is 47.9 Å². The number of ether oxygens (including phenoxy) is 2. The largest absolute Gasteiger partial charge is 0.475 e. The Balaban J connectivity index is 1.67. The van der Waals surface area contributed by atoms with Crippen LogP contribution in [0.1, 0.15) is 38.1 Å². The summed E-state index contributed by atoms with van der Waals surface area (Å²) in [6, 6.07) is 7.99. The van der Waals surface area contributed by atoms with Crippen LogP contribution in [0.2, 0.25) is 0 Å². The number of nitrogens with one attached hydrogen (secondary N) is 1. The first-order valence-electron chi connectivity index (χ1n) is 9.46. The molecule has 0 aliphatic carbocycles. The van der Waals surface area contributed by atoms with Gasteiger partial charge in [0.1, 0.15) is 5.82 Å². The molecule has 2 atom stereocenters. The zero-order valence-corrected chi connectivity index (χ0v) is 16.6. The van der Waals surface area contributed by atoms with Gasteiger partial charge in [0.2, 0.25) is 5.88 Å². The van der Waals surface area contributed by atoms with Gasteiger partial charge in [-0.25, -0.2) is 9.37 Å². The average molecular weight is 387 g/mol. The molecule has 0 saturated carbocycles. The van der Waals surface area contributed by atoms with E-state index >= 15 is 0 Å². The number of rotatable bonds is 5. The normalized spacial score (nSPS) is 19.6. The molecule has 3 rings (SSSR count). The van der Waals surface area contributed by atoms with E-state index in [2.05, 4.69) is 10.3 Å². The summed E-state index contributed by atoms with van der Waals surface area (Å²) in [7, 11) is 0. The van der Waals surface area contributed by atoms with Crippen molar-refractivity contribution >= 4 is 17.3 Å². The third-order valence-corrected chi connectivity index (χ3v) is 4.32. The standard InChI is InChI=1S/C21H26FN3O3/c1-13(2)27-20-8-5-16(10-23-20)21(26)24-17-6-7-19(18(22)9-17)25-11-14(3)28-15(4)12-25/h5-10,13-15H,11-12H2,1-4H3,(H,24,26). The van der Waals surface area contributed by atoms with Crippen LogP contribution in [0, 0.1) is 5.82 Å². The molecule has 1 N–H and O–H groups in total. The van der Waals surface area contributed by atoms with E-state index in [0.717, 1.165) is 0 Å². The highest BCUT2D eigenvalue weighted by Gasteiger charge is 2.24. The highest BCUT2D eigenvalue weighted by Crippen LogP contribution is 2.26. The Hall–Kier alpha value is -2.67. The fourth-order valence-electron chi connectivity index (χ4n) is 3.24. The molecule has 1 saturated heterocycles. The van der Waals surface area contributed by atoms with Gasteiger partial charge in [-0.05, 0) is 52.0 Å². The third-order valence-electron chi connectivity index (χ3n) is 4.32. The Labute approximate surface area is 164 Å². The zero-order valence-electron chi connectivity index (χ0n) is 16.6. The Morgan fingerprint density at radius 3 is 2.54 bits per heavy atom. The van der Waals surface area contributed by atoms with Gasteiger partial charge >= 0.3 is 0 Å². The lowest BCUT2D eigenvalue weighted by atomic mass is 10.1. The van der Waals surface area contributed by atoms with Gasteiger partial charge in [-0.15, -0.1) is 0 Å². The quantitative estimate of drug-likeness (QED) is 0.844. The SMILES string of the molecule is CC(C)Oc1ccc(C(=O)Nc2ccc(N3CC(C)OC(C)C3)c(F)c2)cn1. The molecule has 28 heavy (non-hydrogen) atoms. The fraction of sp³-hybridized carbons (Fsp3) is 0.429. The number of amides is 1. The van der Waals surface area contributed by atoms with E-state index in [-0.39, 0.29) is 30.0 Å². The first kappa shape index (κ1) is 20.1. The molecule has 150 valence electrons. The lowest BCUT2D eigenvalue weighted by Crippen LogP contribution is -2.45. The van der Waals surface area contributed by atoms with Crippen molar-refractivity contribution < 1.29 is 18.7 Å². The van der Waals surface area contributed by atoms with E-state index in [4.69, 9.17) is 9.47 Å². The molecule has 2 unspecified atom stereocenters. The third kappa shape index (κ3) is 4.98. The number of hydrogen-bond acceptors (Lipinski definition) is 5. The summed E-state index contributed by atoms with van der Waals surface area (Å²) >= 11 is 0. The summed E-state index contributed by atoms with van der Waals surface area (Å²) in [5.41, 5.74) is 1.27. The molecule has 1 aromatic carbocycles. The van der Waals surface area contributed by atoms with E-state index in [1.54, 1.807) is 24.3 Å². The Kier molecular flexibility index (Phi) is 6.14. The van der Waals surface area contributed by atoms with E-state index in [1.807, 2.05) is 32.6 Å². The first-order chi connectivity index (χ1) is 13.3. The first-order valence-corrected chi connectivity index (χ1v) is 9.46. The summed E-state index contributed by atoms with van der Waals surface area (Å²) < 4.78 is 25.8. The second-order valence-electron chi connectivity index (χ2n) is 7.33. The minimum atomic E-state index is -0.377. The van der Waals surface area contributed by atoms with Crippen LogP contribution in [-0.4, -0.2) is 42.3 Å². The second-order valence-corrected chi connectivity index (χ2v) is 7.33. The van der Waals surface area contributed by atoms with E-state index in [0.29, 0.717) is 35.9 Å². The van der Waals surface area contributed by atoms with Crippen LogP contribution in [0.5, 0.6) is 5.88 Å². The van der Waals surface area contributed by atoms with Crippen molar-refractivity contribution in [2.45, 2.75) is 46.0 Å². The molecule has 0 bridgehead atoms. The molecule has 1 fully saturated rings. The number of pyridine rings is 1. The second kappa shape index (κ2) is 8.56. The number of carbonyl (C=O) groups is 1. The highest BCUT2D eigenvalue weighted by atomic mass is 19.1. The molecule has 0 radical (unpaired) electrons. The topological polar surface area (TPSA) is 63.7 Å². The van der Waals surface area contributed by atoms with Crippen molar-refractivity contribution in [3.8, 4) is 5.88 Å². The maximum Gasteiger partial charge on any atom is 0.257 e. The van der Waals surface area contributed by atoms with E-state index in [1.165, 1.54) is 12.3 Å². The van der Waals surface area contributed by atoms with Crippen molar-refractivity contribution in [1.82, 2.24) is 4.98 Å². The summed E-state index contributed by atoms with van der Waals surface area (Å²) in [4.78, 5) is 18.5. The summed E-state index contributed by atoms with van der Waals surface area (Å²) in [6.45, 7) is 9.01. The smallest absolute Gasteiger partial charge is 0.257 e. The van der Waals surface area contributed by atoms with E-state index in [9.17, 15) is 9.18 Å². The number of halogens is 1. The lowest BCUT2D eigenvalue weighted by Gasteiger charge is -2.37. The number of hydrogen-bond donors (Lipinski definition) is 1. The van der Waals surface area contributed by atoms with Crippen LogP contribution in [0.25, 0.3) is 0 Å². The molecule has 0 spiro atoms. The number of nitrogens with zero attached hydrogens (tertiary/aromatic N) is 2. The van der Waals surface area contributed by atoms with Crippen molar-refractivity contribution in [3.63, 3.8) is 0 Å².